The Bertz CT molecular complexity index is 707. The van der Waals surface area contributed by atoms with Gasteiger partial charge in [0.2, 0.25) is 0 Å². The summed E-state index contributed by atoms with van der Waals surface area (Å²) >= 11 is 0. The van der Waals surface area contributed by atoms with Gasteiger partial charge < -0.3 is 5.11 Å². The smallest absolute Gasteiger partial charge is 0.274 e. The number of nitrogens with one attached hydrogen (secondary N) is 1. The van der Waals surface area contributed by atoms with Crippen molar-refractivity contribution < 1.29 is 10.1 Å². The molecule has 5 nitrogen and oxygen atoms in total. The van der Waals surface area contributed by atoms with E-state index in [1.165, 1.54) is 0 Å². The van der Waals surface area contributed by atoms with Crippen LogP contribution in [0.3, 0.4) is 0 Å². The molecule has 1 fully saturated rings. The third-order valence-corrected chi connectivity index (χ3v) is 4.16. The predicted molar refractivity (Wildman–Crippen MR) is 96.4 cm³/mol. The van der Waals surface area contributed by atoms with Crippen LogP contribution in [-0.4, -0.2) is 42.5 Å². The van der Waals surface area contributed by atoms with E-state index in [1.54, 1.807) is 12.3 Å². The second-order valence-corrected chi connectivity index (χ2v) is 5.78. The number of anilines is 1. The molecule has 0 aliphatic carbocycles. The number of pyridine rings is 1. The van der Waals surface area contributed by atoms with Gasteiger partial charge in [0, 0.05) is 11.6 Å². The first-order chi connectivity index (χ1) is 11.8. The van der Waals surface area contributed by atoms with E-state index < -0.39 is 0 Å². The molecule has 0 atom stereocenters. The molecule has 2 aromatic rings. The van der Waals surface area contributed by atoms with Gasteiger partial charge in [0.05, 0.1) is 25.5 Å². The van der Waals surface area contributed by atoms with Gasteiger partial charge in [-0.1, -0.05) is 24.3 Å². The fourth-order valence-corrected chi connectivity index (χ4v) is 2.81. The van der Waals surface area contributed by atoms with Crippen LogP contribution in [0.2, 0.25) is 0 Å². The lowest BCUT2D eigenvalue weighted by Gasteiger charge is -2.28. The highest BCUT2D eigenvalue weighted by atomic mass is 16.3. The Hall–Kier alpha value is -2.82. The predicted octanol–water partition coefficient (Wildman–Crippen LogP) is 2.09. The Morgan fingerprint density at radius 1 is 1.12 bits per heavy atom. The molecule has 1 aromatic heterocycles. The number of aromatic nitrogens is 1. The Morgan fingerprint density at radius 3 is 2.67 bits per heavy atom. The largest absolute Gasteiger partial charge is 0.507 e. The first-order valence-electron chi connectivity index (χ1n) is 8.20. The van der Waals surface area contributed by atoms with E-state index in [-0.39, 0.29) is 0 Å². The molecule has 5 heteroatoms. The molecule has 1 aliphatic rings. The molecule has 0 radical (unpaired) electrons. The third kappa shape index (κ3) is 3.74. The molecular formula is C19H23N4O+. The summed E-state index contributed by atoms with van der Waals surface area (Å²) in [4.78, 5) is 5.58. The van der Waals surface area contributed by atoms with Crippen molar-refractivity contribution in [3.8, 4) is 5.75 Å². The van der Waals surface area contributed by atoms with Crippen molar-refractivity contribution in [1.29, 1.82) is 0 Å². The second-order valence-electron chi connectivity index (χ2n) is 5.78. The number of hydrogen-bond donors (Lipinski definition) is 1. The van der Waals surface area contributed by atoms with Gasteiger partial charge in [-0.3, -0.25) is 9.91 Å². The Balaban J connectivity index is 1.61. The summed E-state index contributed by atoms with van der Waals surface area (Å²) in [5, 5.41) is 16.8. The number of piperazine rings is 1. The number of H-pyrrole nitrogens is 1. The fourth-order valence-electron chi connectivity index (χ4n) is 2.81. The van der Waals surface area contributed by atoms with Crippen molar-refractivity contribution in [3.05, 3.63) is 66.4 Å². The van der Waals surface area contributed by atoms with Gasteiger partial charge in [-0.05, 0) is 24.1 Å². The molecule has 2 heterocycles. The third-order valence-electron chi connectivity index (χ3n) is 4.16. The van der Waals surface area contributed by atoms with E-state index in [1.807, 2.05) is 41.5 Å². The van der Waals surface area contributed by atoms with Crippen molar-refractivity contribution in [2.75, 3.05) is 31.1 Å². The second kappa shape index (κ2) is 7.64. The van der Waals surface area contributed by atoms with Crippen LogP contribution in [0.5, 0.6) is 5.75 Å². The molecule has 0 unspecified atom stereocenters. The van der Waals surface area contributed by atoms with Gasteiger partial charge in [-0.25, -0.2) is 4.98 Å². The number of hydrazone groups is 1. The molecule has 1 aliphatic heterocycles. The van der Waals surface area contributed by atoms with E-state index in [4.69, 9.17) is 0 Å². The highest BCUT2D eigenvalue weighted by Crippen LogP contribution is 2.22. The number of phenolic OH excluding ortho intramolecular Hbond substituents is 1. The number of aromatic hydroxyl groups is 1. The molecule has 0 spiro atoms. The van der Waals surface area contributed by atoms with Crippen LogP contribution in [0.25, 0.3) is 0 Å². The van der Waals surface area contributed by atoms with E-state index in [2.05, 4.69) is 27.6 Å². The van der Waals surface area contributed by atoms with Crippen LogP contribution >= 0.6 is 0 Å². The number of hydrogen-bond acceptors (Lipinski definition) is 4. The molecule has 0 saturated carbocycles. The van der Waals surface area contributed by atoms with Crippen LogP contribution in [0.15, 0.2) is 60.4 Å². The van der Waals surface area contributed by atoms with Crippen molar-refractivity contribution in [1.82, 2.24) is 5.01 Å². The maximum absolute atomic E-state index is 10.3. The first kappa shape index (κ1) is 16.1. The average Bonchev–Trinajstić information content (AvgIpc) is 2.64. The maximum Gasteiger partial charge on any atom is 0.274 e. The van der Waals surface area contributed by atoms with Gasteiger partial charge in [0.25, 0.3) is 5.82 Å². The van der Waals surface area contributed by atoms with Gasteiger partial charge >= 0.3 is 0 Å². The first-order valence-corrected chi connectivity index (χ1v) is 8.20. The van der Waals surface area contributed by atoms with Gasteiger partial charge in [0.15, 0.2) is 0 Å². The number of benzene rings is 1. The summed E-state index contributed by atoms with van der Waals surface area (Å²) in [6.07, 6.45) is 6.13. The van der Waals surface area contributed by atoms with E-state index >= 15 is 0 Å². The number of phenols is 1. The molecule has 24 heavy (non-hydrogen) atoms. The molecule has 0 amide bonds. The normalized spacial score (nSPS) is 15.0. The van der Waals surface area contributed by atoms with Crippen LogP contribution in [0.4, 0.5) is 5.82 Å². The minimum Gasteiger partial charge on any atom is -0.507 e. The monoisotopic (exact) mass is 323 g/mol. The Kier molecular flexibility index (Phi) is 5.11. The highest BCUT2D eigenvalue weighted by molar-refractivity contribution is 5.83. The zero-order valence-corrected chi connectivity index (χ0v) is 13.7. The van der Waals surface area contributed by atoms with E-state index in [9.17, 15) is 5.11 Å². The number of aromatic amines is 1. The van der Waals surface area contributed by atoms with Crippen molar-refractivity contribution in [2.24, 2.45) is 5.10 Å². The average molecular weight is 323 g/mol. The topological polar surface area (TPSA) is 53.2 Å². The minimum atomic E-state index is 0.290. The lowest BCUT2D eigenvalue weighted by molar-refractivity contribution is -0.364. The number of nitrogens with zero attached hydrogens (tertiary/aromatic N) is 3. The molecule has 2 N–H and O–H groups in total. The lowest BCUT2D eigenvalue weighted by Crippen LogP contribution is -2.45. The summed E-state index contributed by atoms with van der Waals surface area (Å²) in [6, 6.07) is 11.8. The molecule has 1 aromatic carbocycles. The minimum absolute atomic E-state index is 0.290. The van der Waals surface area contributed by atoms with Gasteiger partial charge in [-0.2, -0.15) is 5.10 Å². The number of allylic oxidation sites excluding steroid dienone is 1. The van der Waals surface area contributed by atoms with Crippen LogP contribution < -0.4 is 9.88 Å². The molecule has 3 rings (SSSR count). The van der Waals surface area contributed by atoms with E-state index in [0.29, 0.717) is 12.2 Å². The van der Waals surface area contributed by atoms with E-state index in [0.717, 1.165) is 43.1 Å². The Labute approximate surface area is 142 Å². The van der Waals surface area contributed by atoms with Gasteiger partial charge in [-0.15, -0.1) is 6.58 Å². The Morgan fingerprint density at radius 2 is 1.96 bits per heavy atom. The zero-order chi connectivity index (χ0) is 16.8. The van der Waals surface area contributed by atoms with Crippen molar-refractivity contribution in [3.63, 3.8) is 0 Å². The van der Waals surface area contributed by atoms with Crippen LogP contribution in [-0.2, 0) is 6.42 Å². The molecule has 124 valence electrons. The van der Waals surface area contributed by atoms with Crippen molar-refractivity contribution in [2.45, 2.75) is 6.42 Å². The lowest BCUT2D eigenvalue weighted by atomic mass is 10.1. The quantitative estimate of drug-likeness (QED) is 0.677. The summed E-state index contributed by atoms with van der Waals surface area (Å²) in [7, 11) is 0. The number of para-hydroxylation sites is 1. The highest BCUT2D eigenvalue weighted by Gasteiger charge is 2.21. The number of rotatable bonds is 5. The summed E-state index contributed by atoms with van der Waals surface area (Å²) < 4.78 is 0. The fraction of sp³-hybridized carbons (Fsp3) is 0.263. The molecule has 0 bridgehead atoms. The standard InChI is InChI=1S/C19H22N4O/c1-2-6-16-7-5-8-17(19(16)24)15-21-23-13-11-22(12-14-23)18-9-3-4-10-20-18/h2-5,7-10,15,24H,1,6,11-14H2/p+1/b21-15+. The summed E-state index contributed by atoms with van der Waals surface area (Å²) in [5.74, 6) is 1.43. The molecular weight excluding hydrogens is 300 g/mol. The van der Waals surface area contributed by atoms with Crippen LogP contribution in [0.1, 0.15) is 11.1 Å². The van der Waals surface area contributed by atoms with Crippen LogP contribution in [0, 0.1) is 0 Å². The molecule has 1 saturated heterocycles. The van der Waals surface area contributed by atoms with Gasteiger partial charge in [0.1, 0.15) is 18.8 Å². The van der Waals surface area contributed by atoms with Crippen molar-refractivity contribution >= 4 is 12.0 Å². The zero-order valence-electron chi connectivity index (χ0n) is 13.7. The summed E-state index contributed by atoms with van der Waals surface area (Å²) in [5.41, 5.74) is 1.62. The maximum atomic E-state index is 10.3. The summed E-state index contributed by atoms with van der Waals surface area (Å²) in [6.45, 7) is 7.26. The SMILES string of the molecule is C=CCc1cccc(/C=N/N2CCN(c3cccc[nH+]3)CC2)c1O.